The first-order valence-corrected chi connectivity index (χ1v) is 8.84. The van der Waals surface area contributed by atoms with Crippen LogP contribution in [0.1, 0.15) is 16.7 Å². The summed E-state index contributed by atoms with van der Waals surface area (Å²) in [6.07, 6.45) is 0. The van der Waals surface area contributed by atoms with Crippen molar-refractivity contribution in [1.82, 2.24) is 4.72 Å². The lowest BCUT2D eigenvalue weighted by atomic mass is 10.1. The molecular weight excluding hydrogens is 314 g/mol. The van der Waals surface area contributed by atoms with Crippen LogP contribution >= 0.6 is 0 Å². The van der Waals surface area contributed by atoms with Gasteiger partial charge in [-0.15, -0.1) is 0 Å². The van der Waals surface area contributed by atoms with Gasteiger partial charge in [0.25, 0.3) is 0 Å². The van der Waals surface area contributed by atoms with Crippen molar-refractivity contribution in [2.24, 2.45) is 0 Å². The third-order valence-corrected chi connectivity index (χ3v) is 4.84. The third-order valence-electron chi connectivity index (χ3n) is 3.54. The predicted octanol–water partition coefficient (Wildman–Crippen LogP) is 2.63. The van der Waals surface area contributed by atoms with E-state index in [9.17, 15) is 8.42 Å². The van der Waals surface area contributed by atoms with E-state index in [1.54, 1.807) is 38.5 Å². The lowest BCUT2D eigenvalue weighted by Crippen LogP contribution is -2.25. The Morgan fingerprint density at radius 2 is 1.70 bits per heavy atom. The van der Waals surface area contributed by atoms with Crippen LogP contribution in [-0.2, 0) is 22.3 Å². The molecule has 23 heavy (non-hydrogen) atoms. The lowest BCUT2D eigenvalue weighted by Gasteiger charge is -2.15. The zero-order chi connectivity index (χ0) is 16.9. The van der Waals surface area contributed by atoms with Gasteiger partial charge in [0.15, 0.2) is 0 Å². The molecule has 0 aliphatic carbocycles. The average molecular weight is 335 g/mol. The van der Waals surface area contributed by atoms with Gasteiger partial charge >= 0.3 is 0 Å². The van der Waals surface area contributed by atoms with Gasteiger partial charge in [-0.1, -0.05) is 36.4 Å². The molecule has 6 heteroatoms. The molecular formula is C17H21NO4S. The number of methoxy groups -OCH3 is 2. The summed E-state index contributed by atoms with van der Waals surface area (Å²) in [5.74, 6) is 1.29. The number of hydrogen-bond acceptors (Lipinski definition) is 4. The molecule has 0 spiro atoms. The molecule has 2 rings (SSSR count). The molecule has 0 aliphatic heterocycles. The van der Waals surface area contributed by atoms with Crippen LogP contribution in [0.3, 0.4) is 0 Å². The molecule has 0 aliphatic rings. The van der Waals surface area contributed by atoms with Crippen molar-refractivity contribution in [2.45, 2.75) is 19.2 Å². The van der Waals surface area contributed by atoms with Crippen LogP contribution in [0.25, 0.3) is 0 Å². The highest BCUT2D eigenvalue weighted by Gasteiger charge is 2.15. The molecule has 2 aromatic rings. The Morgan fingerprint density at radius 1 is 1.00 bits per heavy atom. The highest BCUT2D eigenvalue weighted by molar-refractivity contribution is 7.88. The van der Waals surface area contributed by atoms with Crippen LogP contribution in [0, 0.1) is 6.92 Å². The fourth-order valence-corrected chi connectivity index (χ4v) is 3.52. The van der Waals surface area contributed by atoms with Crippen LogP contribution < -0.4 is 14.2 Å². The summed E-state index contributed by atoms with van der Waals surface area (Å²) < 4.78 is 37.7. The number of benzene rings is 2. The van der Waals surface area contributed by atoms with Crippen LogP contribution in [0.4, 0.5) is 0 Å². The smallest absolute Gasteiger partial charge is 0.216 e. The van der Waals surface area contributed by atoms with Crippen molar-refractivity contribution < 1.29 is 17.9 Å². The average Bonchev–Trinajstić information content (AvgIpc) is 2.53. The molecule has 0 bridgehead atoms. The van der Waals surface area contributed by atoms with Gasteiger partial charge in [0.1, 0.15) is 11.5 Å². The fraction of sp³-hybridized carbons (Fsp3) is 0.294. The number of hydrogen-bond donors (Lipinski definition) is 1. The molecule has 0 saturated carbocycles. The molecule has 0 aromatic heterocycles. The molecule has 0 radical (unpaired) electrons. The highest BCUT2D eigenvalue weighted by Crippen LogP contribution is 2.31. The van der Waals surface area contributed by atoms with Gasteiger partial charge in [-0.3, -0.25) is 0 Å². The first-order valence-electron chi connectivity index (χ1n) is 7.18. The largest absolute Gasteiger partial charge is 0.496 e. The molecule has 0 fully saturated rings. The van der Waals surface area contributed by atoms with Crippen LogP contribution in [0.15, 0.2) is 42.5 Å². The summed E-state index contributed by atoms with van der Waals surface area (Å²) in [5.41, 5.74) is 2.36. The van der Waals surface area contributed by atoms with E-state index in [0.717, 1.165) is 16.7 Å². The van der Waals surface area contributed by atoms with E-state index in [4.69, 9.17) is 9.47 Å². The van der Waals surface area contributed by atoms with Gasteiger partial charge in [0.2, 0.25) is 10.0 Å². The van der Waals surface area contributed by atoms with E-state index in [1.807, 2.05) is 25.1 Å². The quantitative estimate of drug-likeness (QED) is 0.845. The van der Waals surface area contributed by atoms with Crippen molar-refractivity contribution in [2.75, 3.05) is 14.2 Å². The zero-order valence-electron chi connectivity index (χ0n) is 13.5. The number of nitrogens with one attached hydrogen (secondary N) is 1. The lowest BCUT2D eigenvalue weighted by molar-refractivity contribution is 0.385. The van der Waals surface area contributed by atoms with Crippen molar-refractivity contribution in [3.05, 3.63) is 59.2 Å². The molecule has 0 atom stereocenters. The summed E-state index contributed by atoms with van der Waals surface area (Å²) in [6, 6.07) is 12.7. The minimum absolute atomic E-state index is 0.0503. The second kappa shape index (κ2) is 7.48. The van der Waals surface area contributed by atoms with Crippen molar-refractivity contribution in [1.29, 1.82) is 0 Å². The SMILES string of the molecule is COc1ccc(CNS(=O)(=O)Cc2ccccc2)c(OC)c1C. The molecule has 0 heterocycles. The Morgan fingerprint density at radius 3 is 2.30 bits per heavy atom. The maximum Gasteiger partial charge on any atom is 0.216 e. The Bertz CT molecular complexity index is 758. The normalized spacial score (nSPS) is 11.3. The Balaban J connectivity index is 2.12. The van der Waals surface area contributed by atoms with Gasteiger partial charge in [0, 0.05) is 17.7 Å². The molecule has 2 aromatic carbocycles. The van der Waals surface area contributed by atoms with Gasteiger partial charge in [-0.05, 0) is 18.6 Å². The van der Waals surface area contributed by atoms with Gasteiger partial charge < -0.3 is 9.47 Å². The van der Waals surface area contributed by atoms with Crippen molar-refractivity contribution >= 4 is 10.0 Å². The molecule has 0 unspecified atom stereocenters. The van der Waals surface area contributed by atoms with Crippen molar-refractivity contribution in [3.63, 3.8) is 0 Å². The monoisotopic (exact) mass is 335 g/mol. The van der Waals surface area contributed by atoms with E-state index in [0.29, 0.717) is 11.5 Å². The van der Waals surface area contributed by atoms with E-state index in [1.165, 1.54) is 0 Å². The zero-order valence-corrected chi connectivity index (χ0v) is 14.3. The molecule has 0 saturated heterocycles. The van der Waals surface area contributed by atoms with Gasteiger partial charge in [0.05, 0.1) is 20.0 Å². The van der Waals surface area contributed by atoms with E-state index >= 15 is 0 Å². The second-order valence-electron chi connectivity index (χ2n) is 5.15. The summed E-state index contributed by atoms with van der Waals surface area (Å²) in [4.78, 5) is 0. The van der Waals surface area contributed by atoms with Crippen LogP contribution in [0.2, 0.25) is 0 Å². The Labute approximate surface area is 137 Å². The second-order valence-corrected chi connectivity index (χ2v) is 6.96. The summed E-state index contributed by atoms with van der Waals surface area (Å²) >= 11 is 0. The molecule has 1 N–H and O–H groups in total. The number of rotatable bonds is 7. The first-order chi connectivity index (χ1) is 11.0. The van der Waals surface area contributed by atoms with Crippen molar-refractivity contribution in [3.8, 4) is 11.5 Å². The van der Waals surface area contributed by atoms with E-state index in [-0.39, 0.29) is 12.3 Å². The van der Waals surface area contributed by atoms with Crippen LogP contribution in [-0.4, -0.2) is 22.6 Å². The number of sulfonamides is 1. The fourth-order valence-electron chi connectivity index (χ4n) is 2.41. The number of ether oxygens (including phenoxy) is 2. The third kappa shape index (κ3) is 4.46. The molecule has 0 amide bonds. The summed E-state index contributed by atoms with van der Waals surface area (Å²) in [6.45, 7) is 2.04. The Kier molecular flexibility index (Phi) is 5.63. The standard InChI is InChI=1S/C17H21NO4S/c1-13-16(21-2)10-9-15(17(13)22-3)11-18-23(19,20)12-14-7-5-4-6-8-14/h4-10,18H,11-12H2,1-3H3. The van der Waals surface area contributed by atoms with E-state index in [2.05, 4.69) is 4.72 Å². The van der Waals surface area contributed by atoms with Crippen LogP contribution in [0.5, 0.6) is 11.5 Å². The molecule has 124 valence electrons. The highest BCUT2D eigenvalue weighted by atomic mass is 32.2. The topological polar surface area (TPSA) is 64.6 Å². The minimum Gasteiger partial charge on any atom is -0.496 e. The van der Waals surface area contributed by atoms with E-state index < -0.39 is 10.0 Å². The minimum atomic E-state index is -3.42. The maximum atomic E-state index is 12.2. The first kappa shape index (κ1) is 17.3. The predicted molar refractivity (Wildman–Crippen MR) is 90.2 cm³/mol. The summed E-state index contributed by atoms with van der Waals surface area (Å²) in [5, 5.41) is 0. The maximum absolute atomic E-state index is 12.2. The van der Waals surface area contributed by atoms with Gasteiger partial charge in [-0.2, -0.15) is 0 Å². The summed E-state index contributed by atoms with van der Waals surface area (Å²) in [7, 11) is -0.277. The van der Waals surface area contributed by atoms with Gasteiger partial charge in [-0.25, -0.2) is 13.1 Å². The molecule has 5 nitrogen and oxygen atoms in total. The Hall–Kier alpha value is -2.05.